The highest BCUT2D eigenvalue weighted by atomic mass is 79.9. The van der Waals surface area contributed by atoms with Crippen LogP contribution in [0.2, 0.25) is 10.0 Å². The molecule has 0 unspecified atom stereocenters. The Bertz CT molecular complexity index is 673. The van der Waals surface area contributed by atoms with E-state index in [1.807, 2.05) is 0 Å². The molecule has 0 radical (unpaired) electrons. The van der Waals surface area contributed by atoms with E-state index >= 15 is 0 Å². The zero-order chi connectivity index (χ0) is 14.9. The fourth-order valence-electron chi connectivity index (χ4n) is 1.33. The van der Waals surface area contributed by atoms with Crippen molar-refractivity contribution < 1.29 is 4.79 Å². The van der Waals surface area contributed by atoms with Crippen LogP contribution in [0.25, 0.3) is 0 Å². The molecule has 0 aliphatic rings. The summed E-state index contributed by atoms with van der Waals surface area (Å²) >= 11 is 18.1. The zero-order valence-corrected chi connectivity index (χ0v) is 14.3. The Morgan fingerprint density at radius 1 is 1.25 bits per heavy atom. The van der Waals surface area contributed by atoms with E-state index in [0.29, 0.717) is 9.21 Å². The van der Waals surface area contributed by atoms with Crippen LogP contribution in [-0.2, 0) is 0 Å². The number of nitrogens with zero attached hydrogens (tertiary/aromatic N) is 2. The lowest BCUT2D eigenvalue weighted by Crippen LogP contribution is -2.14. The van der Waals surface area contributed by atoms with Crippen LogP contribution in [0.1, 0.15) is 10.4 Å². The number of hydrogen-bond acceptors (Lipinski definition) is 4. The first-order valence-electron chi connectivity index (χ1n) is 5.12. The molecule has 1 aromatic carbocycles. The molecule has 0 bridgehead atoms. The van der Waals surface area contributed by atoms with Gasteiger partial charge in [0.05, 0.1) is 21.9 Å². The Labute approximate surface area is 141 Å². The fraction of sp³-hybridized carbons (Fsp3) is 0. The number of hydrogen-bond donors (Lipinski definition) is 2. The quantitative estimate of drug-likeness (QED) is 0.687. The minimum absolute atomic E-state index is 0.212. The topological polar surface area (TPSA) is 80.9 Å². The van der Waals surface area contributed by atoms with E-state index in [2.05, 4.69) is 47.1 Å². The number of nitrogens with two attached hydrogens (primary N) is 1. The van der Waals surface area contributed by atoms with E-state index in [0.717, 1.165) is 0 Å². The van der Waals surface area contributed by atoms with Crippen molar-refractivity contribution in [1.29, 1.82) is 0 Å². The van der Waals surface area contributed by atoms with Gasteiger partial charge in [0.15, 0.2) is 5.82 Å². The molecular weight excluding hydrogens is 435 g/mol. The van der Waals surface area contributed by atoms with Gasteiger partial charge in [-0.3, -0.25) is 4.79 Å². The second-order valence-electron chi connectivity index (χ2n) is 3.64. The van der Waals surface area contributed by atoms with Gasteiger partial charge in [-0.25, -0.2) is 9.97 Å². The van der Waals surface area contributed by atoms with E-state index < -0.39 is 5.91 Å². The van der Waals surface area contributed by atoms with Gasteiger partial charge in [-0.2, -0.15) is 0 Å². The van der Waals surface area contributed by atoms with E-state index in [4.69, 9.17) is 28.9 Å². The number of aromatic nitrogens is 2. The van der Waals surface area contributed by atoms with Crippen LogP contribution < -0.4 is 11.1 Å². The molecule has 104 valence electrons. The number of carbonyl (C=O) groups is 1. The Balaban J connectivity index is 2.28. The molecule has 20 heavy (non-hydrogen) atoms. The van der Waals surface area contributed by atoms with Gasteiger partial charge in [-0.15, -0.1) is 0 Å². The first kappa shape index (κ1) is 15.5. The minimum atomic E-state index is -0.425. The maximum Gasteiger partial charge on any atom is 0.256 e. The molecule has 3 N–H and O–H groups in total. The number of rotatable bonds is 2. The molecule has 2 aromatic rings. The number of nitrogens with one attached hydrogen (secondary N) is 1. The Morgan fingerprint density at radius 3 is 2.40 bits per heavy atom. The van der Waals surface area contributed by atoms with Crippen LogP contribution in [0.3, 0.4) is 0 Å². The highest BCUT2D eigenvalue weighted by Gasteiger charge is 2.14. The molecule has 2 rings (SSSR count). The highest BCUT2D eigenvalue weighted by molar-refractivity contribution is 9.11. The molecule has 1 heterocycles. The third-order valence-corrected chi connectivity index (χ3v) is 3.83. The molecule has 5 nitrogen and oxygen atoms in total. The van der Waals surface area contributed by atoms with E-state index in [1.54, 1.807) is 0 Å². The summed E-state index contributed by atoms with van der Waals surface area (Å²) in [6, 6.07) is 2.86. The Hall–Kier alpha value is -0.890. The van der Waals surface area contributed by atoms with Crippen LogP contribution >= 0.6 is 55.1 Å². The highest BCUT2D eigenvalue weighted by Crippen LogP contribution is 2.29. The molecule has 0 aliphatic carbocycles. The molecule has 0 fully saturated rings. The van der Waals surface area contributed by atoms with Gasteiger partial charge in [0, 0.05) is 5.56 Å². The van der Waals surface area contributed by atoms with Crippen molar-refractivity contribution in [1.82, 2.24) is 9.97 Å². The standard InChI is InChI=1S/C11H6Br2Cl2N4O/c12-7-3-17-10(9(13)18-7)19-11(20)4-1-5(14)8(16)6(15)2-4/h1-3H,16H2,(H,17,19,20). The number of benzene rings is 1. The van der Waals surface area contributed by atoms with E-state index in [-0.39, 0.29) is 27.1 Å². The largest absolute Gasteiger partial charge is 0.396 e. The number of nitrogen functional groups attached to an aromatic ring is 1. The average molecular weight is 441 g/mol. The van der Waals surface area contributed by atoms with Gasteiger partial charge in [0.25, 0.3) is 5.91 Å². The molecule has 0 atom stereocenters. The summed E-state index contributed by atoms with van der Waals surface area (Å²) in [5.74, 6) is -0.145. The van der Waals surface area contributed by atoms with Gasteiger partial charge in [0.2, 0.25) is 0 Å². The summed E-state index contributed by atoms with van der Waals surface area (Å²) in [6.45, 7) is 0. The van der Waals surface area contributed by atoms with Crippen molar-refractivity contribution in [2.45, 2.75) is 0 Å². The van der Waals surface area contributed by atoms with Crippen molar-refractivity contribution in [3.05, 3.63) is 43.1 Å². The summed E-state index contributed by atoms with van der Waals surface area (Å²) in [5, 5.41) is 3.01. The van der Waals surface area contributed by atoms with Gasteiger partial charge < -0.3 is 11.1 Å². The van der Waals surface area contributed by atoms with Crippen LogP contribution in [-0.4, -0.2) is 15.9 Å². The normalized spacial score (nSPS) is 10.4. The molecule has 1 amide bonds. The smallest absolute Gasteiger partial charge is 0.256 e. The van der Waals surface area contributed by atoms with Crippen LogP contribution in [0.4, 0.5) is 11.5 Å². The van der Waals surface area contributed by atoms with Crippen LogP contribution in [0.15, 0.2) is 27.5 Å². The minimum Gasteiger partial charge on any atom is -0.396 e. The van der Waals surface area contributed by atoms with Crippen molar-refractivity contribution in [3.63, 3.8) is 0 Å². The van der Waals surface area contributed by atoms with Gasteiger partial charge in [0.1, 0.15) is 9.21 Å². The lowest BCUT2D eigenvalue weighted by atomic mass is 10.2. The molecule has 0 spiro atoms. The Kier molecular flexibility index (Phi) is 4.85. The summed E-state index contributed by atoms with van der Waals surface area (Å²) in [4.78, 5) is 20.2. The Morgan fingerprint density at radius 2 is 1.85 bits per heavy atom. The predicted octanol–water partition coefficient (Wildman–Crippen LogP) is 4.14. The summed E-state index contributed by atoms with van der Waals surface area (Å²) in [6.07, 6.45) is 1.46. The fourth-order valence-corrected chi connectivity index (χ4v) is 2.72. The SMILES string of the molecule is Nc1c(Cl)cc(C(=O)Nc2ncc(Br)nc2Br)cc1Cl. The van der Waals surface area contributed by atoms with Crippen LogP contribution in [0, 0.1) is 0 Å². The second kappa shape index (κ2) is 6.26. The number of halogens is 4. The molecule has 1 aromatic heterocycles. The summed E-state index contributed by atoms with van der Waals surface area (Å²) in [5.41, 5.74) is 6.11. The van der Waals surface area contributed by atoms with Crippen LogP contribution in [0.5, 0.6) is 0 Å². The zero-order valence-electron chi connectivity index (χ0n) is 9.62. The second-order valence-corrected chi connectivity index (χ2v) is 6.02. The number of carbonyl (C=O) groups excluding carboxylic acids is 1. The first-order chi connectivity index (χ1) is 9.38. The molecule has 9 heteroatoms. The number of anilines is 2. The first-order valence-corrected chi connectivity index (χ1v) is 7.46. The average Bonchev–Trinajstić information content (AvgIpc) is 2.38. The summed E-state index contributed by atoms with van der Waals surface area (Å²) in [7, 11) is 0. The van der Waals surface area contributed by atoms with Gasteiger partial charge in [-0.05, 0) is 44.0 Å². The summed E-state index contributed by atoms with van der Waals surface area (Å²) < 4.78 is 0.939. The molecule has 0 saturated heterocycles. The molecule has 0 saturated carbocycles. The lowest BCUT2D eigenvalue weighted by molar-refractivity contribution is 0.102. The monoisotopic (exact) mass is 438 g/mol. The van der Waals surface area contributed by atoms with E-state index in [1.165, 1.54) is 18.3 Å². The van der Waals surface area contributed by atoms with Crippen molar-refractivity contribution in [3.8, 4) is 0 Å². The predicted molar refractivity (Wildman–Crippen MR) is 86.3 cm³/mol. The lowest BCUT2D eigenvalue weighted by Gasteiger charge is -2.08. The maximum atomic E-state index is 12.1. The van der Waals surface area contributed by atoms with Crippen molar-refractivity contribution >= 4 is 72.5 Å². The third-order valence-electron chi connectivity index (χ3n) is 2.27. The molecule has 0 aliphatic heterocycles. The number of amides is 1. The van der Waals surface area contributed by atoms with E-state index in [9.17, 15) is 4.79 Å². The van der Waals surface area contributed by atoms with Crippen molar-refractivity contribution in [2.75, 3.05) is 11.1 Å². The van der Waals surface area contributed by atoms with Gasteiger partial charge >= 0.3 is 0 Å². The molecular formula is C11H6Br2Cl2N4O. The third kappa shape index (κ3) is 3.41. The van der Waals surface area contributed by atoms with Gasteiger partial charge in [-0.1, -0.05) is 23.2 Å². The maximum absolute atomic E-state index is 12.1. The van der Waals surface area contributed by atoms with Crippen molar-refractivity contribution in [2.24, 2.45) is 0 Å².